The minimum absolute atomic E-state index is 0.0843. The van der Waals surface area contributed by atoms with Gasteiger partial charge in [-0.05, 0) is 33.6 Å². The third-order valence-electron chi connectivity index (χ3n) is 2.49. The van der Waals surface area contributed by atoms with Gasteiger partial charge in [0.1, 0.15) is 0 Å². The molecule has 2 N–H and O–H groups in total. The molecule has 1 aliphatic rings. The zero-order valence-electron chi connectivity index (χ0n) is 8.84. The molecule has 1 atom stereocenters. The number of hydrogen-bond donors (Lipinski definition) is 1. The van der Waals surface area contributed by atoms with E-state index in [1.807, 2.05) is 4.90 Å². The van der Waals surface area contributed by atoms with Crippen molar-refractivity contribution in [2.45, 2.75) is 51.6 Å². The third-order valence-corrected chi connectivity index (χ3v) is 2.49. The van der Waals surface area contributed by atoms with Crippen LogP contribution < -0.4 is 5.73 Å². The van der Waals surface area contributed by atoms with E-state index in [0.29, 0.717) is 13.0 Å². The highest BCUT2D eigenvalue weighted by Gasteiger charge is 2.29. The Balaban J connectivity index is 2.73. The summed E-state index contributed by atoms with van der Waals surface area (Å²) in [6, 6.07) is 0.158. The van der Waals surface area contributed by atoms with Crippen molar-refractivity contribution in [2.24, 2.45) is 5.73 Å². The lowest BCUT2D eigenvalue weighted by molar-refractivity contribution is -0.135. The van der Waals surface area contributed by atoms with Crippen LogP contribution in [0.3, 0.4) is 0 Å². The maximum atomic E-state index is 11.7. The SMILES string of the molecule is CC(C)(C)N1CC(N)CCCC1=O. The molecule has 1 saturated heterocycles. The first-order chi connectivity index (χ1) is 5.91. The van der Waals surface area contributed by atoms with Gasteiger partial charge in [0.15, 0.2) is 0 Å². The van der Waals surface area contributed by atoms with Crippen LogP contribution in [0.4, 0.5) is 0 Å². The summed E-state index contributed by atoms with van der Waals surface area (Å²) in [5.41, 5.74) is 5.81. The quantitative estimate of drug-likeness (QED) is 0.613. The number of rotatable bonds is 0. The molecule has 0 bridgehead atoms. The Hall–Kier alpha value is -0.570. The molecule has 0 saturated carbocycles. The van der Waals surface area contributed by atoms with Crippen LogP contribution >= 0.6 is 0 Å². The van der Waals surface area contributed by atoms with Crippen LogP contribution in [0.25, 0.3) is 0 Å². The van der Waals surface area contributed by atoms with Gasteiger partial charge >= 0.3 is 0 Å². The summed E-state index contributed by atoms with van der Waals surface area (Å²) >= 11 is 0. The van der Waals surface area contributed by atoms with Crippen LogP contribution in [0.5, 0.6) is 0 Å². The Labute approximate surface area is 80.3 Å². The van der Waals surface area contributed by atoms with Crippen LogP contribution in [0, 0.1) is 0 Å². The fourth-order valence-corrected chi connectivity index (χ4v) is 1.73. The number of nitrogens with zero attached hydrogens (tertiary/aromatic N) is 1. The molecule has 0 aromatic heterocycles. The van der Waals surface area contributed by atoms with Crippen molar-refractivity contribution < 1.29 is 4.79 Å². The molecule has 3 heteroatoms. The average molecular weight is 184 g/mol. The maximum Gasteiger partial charge on any atom is 0.223 e. The van der Waals surface area contributed by atoms with Gasteiger partial charge in [0, 0.05) is 24.5 Å². The highest BCUT2D eigenvalue weighted by molar-refractivity contribution is 5.77. The van der Waals surface area contributed by atoms with Gasteiger partial charge in [0.05, 0.1) is 0 Å². The fourth-order valence-electron chi connectivity index (χ4n) is 1.73. The summed E-state index contributed by atoms with van der Waals surface area (Å²) in [5.74, 6) is 0.250. The molecule has 76 valence electrons. The number of likely N-dealkylation sites (tertiary alicyclic amines) is 1. The molecule has 1 heterocycles. The molecule has 1 fully saturated rings. The van der Waals surface area contributed by atoms with E-state index in [1.165, 1.54) is 0 Å². The van der Waals surface area contributed by atoms with Gasteiger partial charge in [-0.1, -0.05) is 0 Å². The maximum absolute atomic E-state index is 11.7. The third kappa shape index (κ3) is 2.69. The summed E-state index contributed by atoms with van der Waals surface area (Å²) in [6.45, 7) is 6.89. The van der Waals surface area contributed by atoms with E-state index in [9.17, 15) is 4.79 Å². The highest BCUT2D eigenvalue weighted by atomic mass is 16.2. The Morgan fingerprint density at radius 1 is 1.46 bits per heavy atom. The molecule has 1 rings (SSSR count). The summed E-state index contributed by atoms with van der Waals surface area (Å²) in [6.07, 6.45) is 2.57. The van der Waals surface area contributed by atoms with Gasteiger partial charge in [0.2, 0.25) is 5.91 Å². The Kier molecular flexibility index (Phi) is 2.96. The number of amides is 1. The van der Waals surface area contributed by atoms with Gasteiger partial charge in [-0.25, -0.2) is 0 Å². The van der Waals surface area contributed by atoms with Crippen molar-refractivity contribution in [2.75, 3.05) is 6.54 Å². The fraction of sp³-hybridized carbons (Fsp3) is 0.900. The molecule has 0 aromatic carbocycles. The molecule has 3 nitrogen and oxygen atoms in total. The predicted molar refractivity (Wildman–Crippen MR) is 53.3 cm³/mol. The summed E-state index contributed by atoms with van der Waals surface area (Å²) in [5, 5.41) is 0. The molecular weight excluding hydrogens is 164 g/mol. The minimum Gasteiger partial charge on any atom is -0.336 e. The molecule has 0 radical (unpaired) electrons. The van der Waals surface area contributed by atoms with Crippen LogP contribution in [-0.4, -0.2) is 28.9 Å². The lowest BCUT2D eigenvalue weighted by Gasteiger charge is -2.36. The summed E-state index contributed by atoms with van der Waals surface area (Å²) in [4.78, 5) is 13.6. The first kappa shape index (κ1) is 10.5. The van der Waals surface area contributed by atoms with Crippen molar-refractivity contribution in [3.63, 3.8) is 0 Å². The van der Waals surface area contributed by atoms with Crippen molar-refractivity contribution in [3.8, 4) is 0 Å². The first-order valence-corrected chi connectivity index (χ1v) is 4.97. The van der Waals surface area contributed by atoms with Crippen LogP contribution in [0.15, 0.2) is 0 Å². The highest BCUT2D eigenvalue weighted by Crippen LogP contribution is 2.19. The van der Waals surface area contributed by atoms with E-state index < -0.39 is 0 Å². The van der Waals surface area contributed by atoms with Gasteiger partial charge in [0.25, 0.3) is 0 Å². The summed E-state index contributed by atoms with van der Waals surface area (Å²) < 4.78 is 0. The Bertz CT molecular complexity index is 196. The lowest BCUT2D eigenvalue weighted by Crippen LogP contribution is -2.49. The number of hydrogen-bond acceptors (Lipinski definition) is 2. The zero-order valence-corrected chi connectivity index (χ0v) is 8.84. The first-order valence-electron chi connectivity index (χ1n) is 4.97. The largest absolute Gasteiger partial charge is 0.336 e. The standard InChI is InChI=1S/C10H20N2O/c1-10(2,3)12-7-8(11)5-4-6-9(12)13/h8H,4-7,11H2,1-3H3. The molecule has 0 spiro atoms. The number of carbonyl (C=O) groups is 1. The van der Waals surface area contributed by atoms with Gasteiger partial charge in [-0.2, -0.15) is 0 Å². The van der Waals surface area contributed by atoms with Gasteiger partial charge < -0.3 is 10.6 Å². The van der Waals surface area contributed by atoms with Crippen molar-refractivity contribution in [1.82, 2.24) is 4.90 Å². The molecule has 0 aliphatic carbocycles. The molecule has 0 aromatic rings. The molecule has 1 aliphatic heterocycles. The number of nitrogens with two attached hydrogens (primary N) is 1. The van der Waals surface area contributed by atoms with E-state index in [4.69, 9.17) is 5.73 Å². The smallest absolute Gasteiger partial charge is 0.223 e. The van der Waals surface area contributed by atoms with E-state index in [2.05, 4.69) is 20.8 Å². The van der Waals surface area contributed by atoms with Crippen LogP contribution in [0.1, 0.15) is 40.0 Å². The second-order valence-electron chi connectivity index (χ2n) is 4.83. The normalized spacial score (nSPS) is 26.0. The topological polar surface area (TPSA) is 46.3 Å². The number of carbonyl (C=O) groups excluding carboxylic acids is 1. The molecule has 13 heavy (non-hydrogen) atoms. The molecule has 1 amide bonds. The monoisotopic (exact) mass is 184 g/mol. The molecular formula is C10H20N2O. The van der Waals surface area contributed by atoms with Crippen LogP contribution in [0.2, 0.25) is 0 Å². The predicted octanol–water partition coefficient (Wildman–Crippen LogP) is 1.12. The van der Waals surface area contributed by atoms with Crippen molar-refractivity contribution in [1.29, 1.82) is 0 Å². The minimum atomic E-state index is -0.0843. The zero-order chi connectivity index (χ0) is 10.1. The van der Waals surface area contributed by atoms with Crippen molar-refractivity contribution in [3.05, 3.63) is 0 Å². The van der Waals surface area contributed by atoms with E-state index in [-0.39, 0.29) is 17.5 Å². The molecule has 1 unspecified atom stereocenters. The van der Waals surface area contributed by atoms with E-state index >= 15 is 0 Å². The van der Waals surface area contributed by atoms with E-state index in [0.717, 1.165) is 12.8 Å². The second kappa shape index (κ2) is 3.66. The summed E-state index contributed by atoms with van der Waals surface area (Å²) in [7, 11) is 0. The van der Waals surface area contributed by atoms with Gasteiger partial charge in [-0.15, -0.1) is 0 Å². The Morgan fingerprint density at radius 3 is 2.62 bits per heavy atom. The van der Waals surface area contributed by atoms with E-state index in [1.54, 1.807) is 0 Å². The Morgan fingerprint density at radius 2 is 2.08 bits per heavy atom. The van der Waals surface area contributed by atoms with Crippen molar-refractivity contribution >= 4 is 5.91 Å². The lowest BCUT2D eigenvalue weighted by atomic mass is 10.1. The average Bonchev–Trinajstić information content (AvgIpc) is 2.11. The van der Waals surface area contributed by atoms with Gasteiger partial charge in [-0.3, -0.25) is 4.79 Å². The second-order valence-corrected chi connectivity index (χ2v) is 4.83. The van der Waals surface area contributed by atoms with Crippen LogP contribution in [-0.2, 0) is 4.79 Å².